The Morgan fingerprint density at radius 1 is 0.875 bits per heavy atom. The van der Waals surface area contributed by atoms with Crippen LogP contribution < -0.4 is 10.2 Å². The molecule has 0 unspecified atom stereocenters. The van der Waals surface area contributed by atoms with Crippen LogP contribution in [-0.4, -0.2) is 19.0 Å². The van der Waals surface area contributed by atoms with E-state index in [-0.39, 0.29) is 5.91 Å². The fourth-order valence-corrected chi connectivity index (χ4v) is 3.21. The van der Waals surface area contributed by atoms with Crippen molar-refractivity contribution in [1.82, 2.24) is 0 Å². The summed E-state index contributed by atoms with van der Waals surface area (Å²) in [7, 11) is 0. The molecule has 3 rings (SSSR count). The summed E-state index contributed by atoms with van der Waals surface area (Å²) in [5, 5.41) is 3.00. The Labute approximate surface area is 144 Å². The zero-order valence-corrected chi connectivity index (χ0v) is 14.2. The summed E-state index contributed by atoms with van der Waals surface area (Å²) in [6.45, 7) is 2.28. The monoisotopic (exact) mass is 322 g/mol. The van der Waals surface area contributed by atoms with Crippen LogP contribution in [0.5, 0.6) is 0 Å². The van der Waals surface area contributed by atoms with E-state index in [9.17, 15) is 4.79 Å². The van der Waals surface area contributed by atoms with Gasteiger partial charge in [-0.05, 0) is 49.1 Å². The molecule has 1 N–H and O–H groups in total. The highest BCUT2D eigenvalue weighted by molar-refractivity contribution is 5.91. The molecule has 1 fully saturated rings. The van der Waals surface area contributed by atoms with Crippen LogP contribution in [0.15, 0.2) is 54.6 Å². The van der Waals surface area contributed by atoms with Crippen molar-refractivity contribution in [3.05, 3.63) is 60.2 Å². The molecule has 0 bridgehead atoms. The van der Waals surface area contributed by atoms with Crippen LogP contribution in [0.1, 0.15) is 37.7 Å². The van der Waals surface area contributed by atoms with Crippen molar-refractivity contribution >= 4 is 17.3 Å². The predicted molar refractivity (Wildman–Crippen MR) is 101 cm³/mol. The maximum Gasteiger partial charge on any atom is 0.224 e. The Kier molecular flexibility index (Phi) is 5.89. The molecule has 3 heteroatoms. The summed E-state index contributed by atoms with van der Waals surface area (Å²) in [5.74, 6) is 0.0707. The molecule has 126 valence electrons. The molecule has 1 aliphatic heterocycles. The highest BCUT2D eigenvalue weighted by Crippen LogP contribution is 2.21. The van der Waals surface area contributed by atoms with Crippen LogP contribution >= 0.6 is 0 Å². The van der Waals surface area contributed by atoms with Gasteiger partial charge in [0.25, 0.3) is 0 Å². The van der Waals surface area contributed by atoms with Crippen molar-refractivity contribution in [3.63, 3.8) is 0 Å². The van der Waals surface area contributed by atoms with E-state index in [1.165, 1.54) is 36.9 Å². The van der Waals surface area contributed by atoms with Crippen LogP contribution in [-0.2, 0) is 11.2 Å². The smallest absolute Gasteiger partial charge is 0.224 e. The van der Waals surface area contributed by atoms with Gasteiger partial charge in [-0.2, -0.15) is 0 Å². The van der Waals surface area contributed by atoms with Crippen LogP contribution in [0.25, 0.3) is 0 Å². The molecule has 2 aromatic rings. The summed E-state index contributed by atoms with van der Waals surface area (Å²) < 4.78 is 0. The van der Waals surface area contributed by atoms with Gasteiger partial charge in [-0.3, -0.25) is 4.79 Å². The third kappa shape index (κ3) is 4.85. The molecule has 24 heavy (non-hydrogen) atoms. The second-order valence-corrected chi connectivity index (χ2v) is 6.48. The average molecular weight is 322 g/mol. The highest BCUT2D eigenvalue weighted by atomic mass is 16.1. The van der Waals surface area contributed by atoms with Gasteiger partial charge in [0.05, 0.1) is 0 Å². The number of anilines is 2. The normalized spacial score (nSPS) is 14.9. The first-order valence-electron chi connectivity index (χ1n) is 9.00. The van der Waals surface area contributed by atoms with Crippen LogP contribution in [0.4, 0.5) is 11.4 Å². The van der Waals surface area contributed by atoms with Gasteiger partial charge < -0.3 is 10.2 Å². The van der Waals surface area contributed by atoms with Crippen molar-refractivity contribution in [2.24, 2.45) is 0 Å². The molecule has 0 spiro atoms. The predicted octanol–water partition coefficient (Wildman–Crippen LogP) is 4.64. The lowest BCUT2D eigenvalue weighted by Crippen LogP contribution is -2.23. The molecule has 0 radical (unpaired) electrons. The lowest BCUT2D eigenvalue weighted by Gasteiger charge is -2.22. The maximum atomic E-state index is 12.1. The number of hydrogen-bond acceptors (Lipinski definition) is 2. The summed E-state index contributed by atoms with van der Waals surface area (Å²) in [5.41, 5.74) is 3.34. The Morgan fingerprint density at radius 3 is 2.21 bits per heavy atom. The minimum atomic E-state index is 0.0707. The first-order valence-corrected chi connectivity index (χ1v) is 9.00. The average Bonchev–Trinajstić information content (AvgIpc) is 2.91. The third-order valence-corrected chi connectivity index (χ3v) is 4.61. The minimum Gasteiger partial charge on any atom is -0.372 e. The van der Waals surface area contributed by atoms with Crippen LogP contribution in [0, 0.1) is 0 Å². The number of hydrogen-bond donors (Lipinski definition) is 1. The zero-order chi connectivity index (χ0) is 16.6. The lowest BCUT2D eigenvalue weighted by atomic mass is 10.1. The Hall–Kier alpha value is -2.29. The van der Waals surface area contributed by atoms with E-state index in [0.717, 1.165) is 25.2 Å². The van der Waals surface area contributed by atoms with E-state index in [1.54, 1.807) is 0 Å². The Balaban J connectivity index is 1.51. The van der Waals surface area contributed by atoms with E-state index in [1.807, 2.05) is 30.3 Å². The summed E-state index contributed by atoms with van der Waals surface area (Å²) in [4.78, 5) is 14.5. The van der Waals surface area contributed by atoms with Gasteiger partial charge in [-0.1, -0.05) is 43.2 Å². The SMILES string of the molecule is O=C(CCc1ccccc1)Nc1ccc(N2CCCCCC2)cc1. The maximum absolute atomic E-state index is 12.1. The zero-order valence-electron chi connectivity index (χ0n) is 14.2. The van der Waals surface area contributed by atoms with Gasteiger partial charge in [0.1, 0.15) is 0 Å². The second-order valence-electron chi connectivity index (χ2n) is 6.48. The molecule has 1 amide bonds. The van der Waals surface area contributed by atoms with E-state index in [0.29, 0.717) is 6.42 Å². The van der Waals surface area contributed by atoms with Crippen LogP contribution in [0.3, 0.4) is 0 Å². The largest absolute Gasteiger partial charge is 0.372 e. The summed E-state index contributed by atoms with van der Waals surface area (Å²) in [6.07, 6.45) is 6.52. The van der Waals surface area contributed by atoms with Crippen LogP contribution in [0.2, 0.25) is 0 Å². The van der Waals surface area contributed by atoms with E-state index in [4.69, 9.17) is 0 Å². The Morgan fingerprint density at radius 2 is 1.54 bits per heavy atom. The summed E-state index contributed by atoms with van der Waals surface area (Å²) in [6, 6.07) is 18.4. The Bertz CT molecular complexity index is 629. The molecule has 1 aliphatic rings. The highest BCUT2D eigenvalue weighted by Gasteiger charge is 2.10. The third-order valence-electron chi connectivity index (χ3n) is 4.61. The topological polar surface area (TPSA) is 32.3 Å². The quantitative estimate of drug-likeness (QED) is 0.870. The van der Waals surface area contributed by atoms with E-state index < -0.39 is 0 Å². The lowest BCUT2D eigenvalue weighted by molar-refractivity contribution is -0.116. The molecule has 0 saturated carbocycles. The van der Waals surface area contributed by atoms with Gasteiger partial charge in [-0.15, -0.1) is 0 Å². The fraction of sp³-hybridized carbons (Fsp3) is 0.381. The van der Waals surface area contributed by atoms with Crippen molar-refractivity contribution in [2.45, 2.75) is 38.5 Å². The number of rotatable bonds is 5. The van der Waals surface area contributed by atoms with Crippen molar-refractivity contribution in [1.29, 1.82) is 0 Å². The van der Waals surface area contributed by atoms with Gasteiger partial charge in [0.2, 0.25) is 5.91 Å². The molecule has 1 saturated heterocycles. The number of carbonyl (C=O) groups excluding carboxylic acids is 1. The van der Waals surface area contributed by atoms with E-state index >= 15 is 0 Å². The molecular weight excluding hydrogens is 296 g/mol. The number of aryl methyl sites for hydroxylation is 1. The standard InChI is InChI=1S/C21H26N2O/c24-21(15-10-18-8-4-3-5-9-18)22-19-11-13-20(14-12-19)23-16-6-1-2-7-17-23/h3-5,8-9,11-14H,1-2,6-7,10,15-17H2,(H,22,24). The first-order chi connectivity index (χ1) is 11.8. The molecular formula is C21H26N2O. The number of carbonyl (C=O) groups is 1. The van der Waals surface area contributed by atoms with Gasteiger partial charge in [0.15, 0.2) is 0 Å². The van der Waals surface area contributed by atoms with Crippen molar-refractivity contribution in [3.8, 4) is 0 Å². The second kappa shape index (κ2) is 8.53. The number of nitrogens with zero attached hydrogens (tertiary/aromatic N) is 1. The molecule has 3 nitrogen and oxygen atoms in total. The van der Waals surface area contributed by atoms with Crippen molar-refractivity contribution in [2.75, 3.05) is 23.3 Å². The molecule has 2 aromatic carbocycles. The molecule has 0 aliphatic carbocycles. The van der Waals surface area contributed by atoms with Gasteiger partial charge in [-0.25, -0.2) is 0 Å². The van der Waals surface area contributed by atoms with Gasteiger partial charge >= 0.3 is 0 Å². The number of amides is 1. The fourth-order valence-electron chi connectivity index (χ4n) is 3.21. The van der Waals surface area contributed by atoms with E-state index in [2.05, 4.69) is 34.5 Å². The summed E-state index contributed by atoms with van der Waals surface area (Å²) >= 11 is 0. The molecule has 0 aromatic heterocycles. The minimum absolute atomic E-state index is 0.0707. The molecule has 1 heterocycles. The number of nitrogens with one attached hydrogen (secondary N) is 1. The molecule has 0 atom stereocenters. The first kappa shape index (κ1) is 16.6. The van der Waals surface area contributed by atoms with Crippen molar-refractivity contribution < 1.29 is 4.79 Å². The number of benzene rings is 2. The van der Waals surface area contributed by atoms with Gasteiger partial charge in [0, 0.05) is 30.9 Å².